The summed E-state index contributed by atoms with van der Waals surface area (Å²) in [5, 5.41) is 9.86. The first-order valence-corrected chi connectivity index (χ1v) is 12.2. The number of fused-ring (bicyclic) bond motifs is 1. The number of aryl methyl sites for hydroxylation is 2. The van der Waals surface area contributed by atoms with Gasteiger partial charge in [-0.05, 0) is 49.1 Å². The lowest BCUT2D eigenvalue weighted by Crippen LogP contribution is -2.38. The molecule has 0 spiro atoms. The zero-order chi connectivity index (χ0) is 26.0. The van der Waals surface area contributed by atoms with Gasteiger partial charge in [0.2, 0.25) is 5.88 Å². The summed E-state index contributed by atoms with van der Waals surface area (Å²) in [4.78, 5) is 31.6. The third-order valence-corrected chi connectivity index (χ3v) is 6.97. The van der Waals surface area contributed by atoms with Gasteiger partial charge in [-0.25, -0.2) is 9.78 Å². The summed E-state index contributed by atoms with van der Waals surface area (Å²) < 4.78 is 11.2. The summed E-state index contributed by atoms with van der Waals surface area (Å²) in [7, 11) is 1.26. The fraction of sp³-hybridized carbons (Fsp3) is 0.296. The Morgan fingerprint density at radius 2 is 1.92 bits per heavy atom. The normalized spacial score (nSPS) is 13.9. The van der Waals surface area contributed by atoms with E-state index in [1.807, 2.05) is 50.2 Å². The maximum Gasteiger partial charge on any atom is 0.337 e. The molecule has 36 heavy (non-hydrogen) atoms. The molecule has 4 rings (SSSR count). The van der Waals surface area contributed by atoms with Crippen LogP contribution in [0.1, 0.15) is 50.0 Å². The Morgan fingerprint density at radius 3 is 2.58 bits per heavy atom. The molecule has 2 aromatic carbocycles. The van der Waals surface area contributed by atoms with Gasteiger partial charge >= 0.3 is 5.97 Å². The van der Waals surface area contributed by atoms with Gasteiger partial charge in [0.15, 0.2) is 6.10 Å². The van der Waals surface area contributed by atoms with Crippen LogP contribution in [-0.4, -0.2) is 40.5 Å². The predicted octanol–water partition coefficient (Wildman–Crippen LogP) is 5.55. The largest absolute Gasteiger partial charge is 0.479 e. The number of amides is 1. The maximum atomic E-state index is 13.6. The molecule has 0 fully saturated rings. The van der Waals surface area contributed by atoms with E-state index in [4.69, 9.17) is 32.7 Å². The van der Waals surface area contributed by atoms with Crippen molar-refractivity contribution in [2.45, 2.75) is 39.5 Å². The molecule has 188 valence electrons. The van der Waals surface area contributed by atoms with Gasteiger partial charge in [0, 0.05) is 35.5 Å². The highest BCUT2D eigenvalue weighted by Crippen LogP contribution is 2.39. The van der Waals surface area contributed by atoms with E-state index in [9.17, 15) is 14.7 Å². The van der Waals surface area contributed by atoms with E-state index < -0.39 is 12.1 Å². The first kappa shape index (κ1) is 25.9. The van der Waals surface area contributed by atoms with Crippen molar-refractivity contribution in [3.05, 3.63) is 91.6 Å². The van der Waals surface area contributed by atoms with Crippen LogP contribution in [0, 0.1) is 13.8 Å². The highest BCUT2D eigenvalue weighted by molar-refractivity contribution is 6.37. The molecular weight excluding hydrogens is 503 g/mol. The molecule has 0 bridgehead atoms. The molecule has 1 aliphatic rings. The van der Waals surface area contributed by atoms with Crippen LogP contribution in [-0.2, 0) is 29.1 Å². The SMILES string of the molecule is COC(C(=O)O)c1cc(Cl)c2c(c1Cl)C(=O)N(Cc1c(C)cc(C)nc1OCc1ccccc1)CC2. The lowest BCUT2D eigenvalue weighted by Gasteiger charge is -2.31. The molecule has 1 N–H and O–H groups in total. The molecule has 1 aliphatic heterocycles. The Kier molecular flexibility index (Phi) is 7.83. The number of aromatic nitrogens is 1. The highest BCUT2D eigenvalue weighted by atomic mass is 35.5. The number of carbonyl (C=O) groups is 2. The molecule has 0 saturated heterocycles. The number of carboxylic acids is 1. The number of carboxylic acid groups (broad SMARTS) is 1. The third-order valence-electron chi connectivity index (χ3n) is 6.23. The van der Waals surface area contributed by atoms with Crippen molar-refractivity contribution in [1.29, 1.82) is 0 Å². The molecule has 0 radical (unpaired) electrons. The van der Waals surface area contributed by atoms with Gasteiger partial charge in [-0.15, -0.1) is 0 Å². The van der Waals surface area contributed by atoms with E-state index in [1.165, 1.54) is 13.2 Å². The van der Waals surface area contributed by atoms with Gasteiger partial charge in [0.05, 0.1) is 17.1 Å². The van der Waals surface area contributed by atoms with Crippen LogP contribution < -0.4 is 4.74 Å². The smallest absolute Gasteiger partial charge is 0.337 e. The fourth-order valence-electron chi connectivity index (χ4n) is 4.42. The second-order valence-electron chi connectivity index (χ2n) is 8.68. The van der Waals surface area contributed by atoms with E-state index in [0.29, 0.717) is 36.0 Å². The first-order valence-electron chi connectivity index (χ1n) is 11.4. The zero-order valence-corrected chi connectivity index (χ0v) is 21.7. The Balaban J connectivity index is 1.66. The minimum Gasteiger partial charge on any atom is -0.479 e. The van der Waals surface area contributed by atoms with Crippen molar-refractivity contribution < 1.29 is 24.2 Å². The number of aliphatic carboxylic acids is 1. The molecule has 0 aliphatic carbocycles. The third kappa shape index (κ3) is 5.19. The van der Waals surface area contributed by atoms with Crippen LogP contribution in [0.15, 0.2) is 42.5 Å². The number of hydrogen-bond donors (Lipinski definition) is 1. The standard InChI is InChI=1S/C27H26Cl2N2O5/c1-15-11-16(2)30-25(36-14-17-7-5-4-6-8-17)20(15)13-31-10-9-18-21(28)12-19(24(35-3)27(33)34)23(29)22(18)26(31)32/h4-8,11-12,24H,9-10,13-14H2,1-3H3,(H,33,34). The molecule has 1 aromatic heterocycles. The highest BCUT2D eigenvalue weighted by Gasteiger charge is 2.34. The molecule has 1 unspecified atom stereocenters. The number of methoxy groups -OCH3 is 1. The van der Waals surface area contributed by atoms with Crippen molar-refractivity contribution in [2.24, 2.45) is 0 Å². The van der Waals surface area contributed by atoms with E-state index in [1.54, 1.807) is 4.90 Å². The van der Waals surface area contributed by atoms with Crippen LogP contribution in [0.4, 0.5) is 0 Å². The van der Waals surface area contributed by atoms with Crippen LogP contribution in [0.5, 0.6) is 5.88 Å². The average molecular weight is 529 g/mol. The Labute approximate surface area is 219 Å². The number of nitrogens with zero attached hydrogens (tertiary/aromatic N) is 2. The quantitative estimate of drug-likeness (QED) is 0.412. The van der Waals surface area contributed by atoms with E-state index in [-0.39, 0.29) is 28.6 Å². The molecule has 1 amide bonds. The fourth-order valence-corrected chi connectivity index (χ4v) is 5.07. The van der Waals surface area contributed by atoms with Crippen molar-refractivity contribution in [3.63, 3.8) is 0 Å². The number of carbonyl (C=O) groups excluding carboxylic acids is 1. The summed E-state index contributed by atoms with van der Waals surface area (Å²) >= 11 is 13.1. The van der Waals surface area contributed by atoms with Crippen LogP contribution >= 0.6 is 23.2 Å². The molecule has 1 atom stereocenters. The van der Waals surface area contributed by atoms with E-state index in [0.717, 1.165) is 22.4 Å². The van der Waals surface area contributed by atoms with Crippen LogP contribution in [0.25, 0.3) is 0 Å². The van der Waals surface area contributed by atoms with Crippen molar-refractivity contribution >= 4 is 35.1 Å². The number of rotatable bonds is 8. The summed E-state index contributed by atoms with van der Waals surface area (Å²) in [6.07, 6.45) is -0.867. The van der Waals surface area contributed by atoms with Gasteiger partial charge in [0.25, 0.3) is 5.91 Å². The van der Waals surface area contributed by atoms with Gasteiger partial charge < -0.3 is 19.5 Å². The zero-order valence-electron chi connectivity index (χ0n) is 20.2. The second kappa shape index (κ2) is 10.9. The lowest BCUT2D eigenvalue weighted by atomic mass is 9.94. The topological polar surface area (TPSA) is 89.0 Å². The number of benzene rings is 2. The Morgan fingerprint density at radius 1 is 1.19 bits per heavy atom. The van der Waals surface area contributed by atoms with Gasteiger partial charge in [-0.2, -0.15) is 0 Å². The lowest BCUT2D eigenvalue weighted by molar-refractivity contribution is -0.148. The maximum absolute atomic E-state index is 13.6. The summed E-state index contributed by atoms with van der Waals surface area (Å²) in [6, 6.07) is 13.2. The van der Waals surface area contributed by atoms with Crippen molar-refractivity contribution in [1.82, 2.24) is 9.88 Å². The predicted molar refractivity (Wildman–Crippen MR) is 137 cm³/mol. The van der Waals surface area contributed by atoms with Crippen molar-refractivity contribution in [3.8, 4) is 5.88 Å². The summed E-state index contributed by atoms with van der Waals surface area (Å²) in [6.45, 7) is 4.87. The minimum absolute atomic E-state index is 0.0395. The summed E-state index contributed by atoms with van der Waals surface area (Å²) in [5.74, 6) is -1.09. The Hall–Kier alpha value is -3.13. The molecule has 0 saturated carbocycles. The van der Waals surface area contributed by atoms with Crippen LogP contribution in [0.2, 0.25) is 10.0 Å². The first-order chi connectivity index (χ1) is 17.2. The number of pyridine rings is 1. The molecule has 2 heterocycles. The Bertz CT molecular complexity index is 1310. The van der Waals surface area contributed by atoms with E-state index in [2.05, 4.69) is 4.98 Å². The van der Waals surface area contributed by atoms with Gasteiger partial charge in [-0.3, -0.25) is 4.79 Å². The van der Waals surface area contributed by atoms with E-state index >= 15 is 0 Å². The molecule has 3 aromatic rings. The average Bonchev–Trinajstić information content (AvgIpc) is 2.84. The number of ether oxygens (including phenoxy) is 2. The van der Waals surface area contributed by atoms with Gasteiger partial charge in [-0.1, -0.05) is 53.5 Å². The summed E-state index contributed by atoms with van der Waals surface area (Å²) in [5.41, 5.74) is 4.52. The number of halogens is 2. The number of hydrogen-bond acceptors (Lipinski definition) is 5. The van der Waals surface area contributed by atoms with Crippen molar-refractivity contribution in [2.75, 3.05) is 13.7 Å². The minimum atomic E-state index is -1.34. The molecular formula is C27H26Cl2N2O5. The molecule has 7 nitrogen and oxygen atoms in total. The van der Waals surface area contributed by atoms with Gasteiger partial charge in [0.1, 0.15) is 6.61 Å². The molecule has 9 heteroatoms. The monoisotopic (exact) mass is 528 g/mol. The second-order valence-corrected chi connectivity index (χ2v) is 9.47. The van der Waals surface area contributed by atoms with Crippen LogP contribution in [0.3, 0.4) is 0 Å².